The molecule has 0 saturated carbocycles. The Kier molecular flexibility index (Phi) is 4.94. The quantitative estimate of drug-likeness (QED) is 0.650. The molecule has 1 amide bonds. The molecule has 4 heterocycles. The molecule has 1 spiro atoms. The molecular formula is C23H26N6O2. The van der Waals surface area contributed by atoms with Crippen LogP contribution in [0.1, 0.15) is 34.6 Å². The van der Waals surface area contributed by atoms with E-state index in [1.807, 2.05) is 22.9 Å². The zero-order valence-corrected chi connectivity index (χ0v) is 17.9. The van der Waals surface area contributed by atoms with E-state index in [9.17, 15) is 4.79 Å². The average molecular weight is 419 g/mol. The molecule has 1 aromatic carbocycles. The lowest BCUT2D eigenvalue weighted by atomic mass is 9.84. The Morgan fingerprint density at radius 2 is 1.90 bits per heavy atom. The van der Waals surface area contributed by atoms with Crippen LogP contribution in [-0.2, 0) is 16.8 Å². The molecule has 3 aromatic rings. The van der Waals surface area contributed by atoms with Gasteiger partial charge < -0.3 is 14.5 Å². The van der Waals surface area contributed by atoms with Gasteiger partial charge in [-0.1, -0.05) is 18.2 Å². The van der Waals surface area contributed by atoms with E-state index in [-0.39, 0.29) is 11.5 Å². The summed E-state index contributed by atoms with van der Waals surface area (Å²) >= 11 is 0. The highest BCUT2D eigenvalue weighted by molar-refractivity contribution is 5.91. The number of anilines is 1. The third-order valence-corrected chi connectivity index (χ3v) is 6.13. The topological polar surface area (TPSA) is 76.4 Å². The zero-order chi connectivity index (χ0) is 21.4. The lowest BCUT2D eigenvalue weighted by molar-refractivity contribution is -0.0797. The monoisotopic (exact) mass is 418 g/mol. The summed E-state index contributed by atoms with van der Waals surface area (Å²) in [5.74, 6) is 0.586. The lowest BCUT2D eigenvalue weighted by Crippen LogP contribution is -2.47. The van der Waals surface area contributed by atoms with Crippen LogP contribution in [0.2, 0.25) is 0 Å². The molecule has 160 valence electrons. The Balaban J connectivity index is 1.37. The first kappa shape index (κ1) is 19.7. The minimum Gasteiger partial charge on any atom is -0.368 e. The summed E-state index contributed by atoms with van der Waals surface area (Å²) in [6, 6.07) is 10.2. The van der Waals surface area contributed by atoms with Gasteiger partial charge in [-0.3, -0.25) is 9.78 Å². The van der Waals surface area contributed by atoms with Gasteiger partial charge >= 0.3 is 0 Å². The lowest BCUT2D eigenvalue weighted by Gasteiger charge is -2.43. The van der Waals surface area contributed by atoms with E-state index >= 15 is 0 Å². The molecular weight excluding hydrogens is 392 g/mol. The molecule has 31 heavy (non-hydrogen) atoms. The van der Waals surface area contributed by atoms with E-state index in [0.29, 0.717) is 12.3 Å². The second-order valence-electron chi connectivity index (χ2n) is 8.32. The number of fused-ring (bicyclic) bond motifs is 2. The third-order valence-electron chi connectivity index (χ3n) is 6.13. The van der Waals surface area contributed by atoms with Gasteiger partial charge in [0.1, 0.15) is 17.1 Å². The molecule has 0 bridgehead atoms. The average Bonchev–Trinajstić information content (AvgIpc) is 3.26. The summed E-state index contributed by atoms with van der Waals surface area (Å²) in [7, 11) is 3.43. The van der Waals surface area contributed by atoms with Crippen molar-refractivity contribution in [3.05, 3.63) is 65.9 Å². The summed E-state index contributed by atoms with van der Waals surface area (Å²) in [4.78, 5) is 24.7. The first-order valence-electron chi connectivity index (χ1n) is 10.6. The van der Waals surface area contributed by atoms with E-state index < -0.39 is 0 Å². The van der Waals surface area contributed by atoms with Crippen molar-refractivity contribution >= 4 is 11.7 Å². The van der Waals surface area contributed by atoms with Gasteiger partial charge in [0.05, 0.1) is 30.4 Å². The Morgan fingerprint density at radius 3 is 2.65 bits per heavy atom. The van der Waals surface area contributed by atoms with E-state index in [1.165, 1.54) is 16.7 Å². The molecule has 5 rings (SSSR count). The van der Waals surface area contributed by atoms with Crippen molar-refractivity contribution in [3.63, 3.8) is 0 Å². The van der Waals surface area contributed by atoms with Gasteiger partial charge in [0.2, 0.25) is 0 Å². The van der Waals surface area contributed by atoms with E-state index in [1.54, 1.807) is 20.3 Å². The van der Waals surface area contributed by atoms with Gasteiger partial charge in [-0.25, -0.2) is 9.67 Å². The van der Waals surface area contributed by atoms with Crippen molar-refractivity contribution in [2.75, 3.05) is 38.7 Å². The van der Waals surface area contributed by atoms with Gasteiger partial charge in [-0.15, -0.1) is 0 Å². The number of aromatic nitrogens is 4. The maximum Gasteiger partial charge on any atom is 0.273 e. The number of para-hydroxylation sites is 1. The molecule has 0 unspecified atom stereocenters. The molecule has 2 aliphatic rings. The van der Waals surface area contributed by atoms with Gasteiger partial charge in [0.25, 0.3) is 5.91 Å². The summed E-state index contributed by atoms with van der Waals surface area (Å²) in [5.41, 5.74) is 3.38. The largest absolute Gasteiger partial charge is 0.368 e. The van der Waals surface area contributed by atoms with Gasteiger partial charge in [-0.2, -0.15) is 5.10 Å². The van der Waals surface area contributed by atoms with Crippen molar-refractivity contribution < 1.29 is 9.53 Å². The van der Waals surface area contributed by atoms with Gasteiger partial charge in [0.15, 0.2) is 0 Å². The fourth-order valence-electron chi connectivity index (χ4n) is 4.43. The van der Waals surface area contributed by atoms with Crippen molar-refractivity contribution in [3.8, 4) is 5.69 Å². The number of carbonyl (C=O) groups is 1. The zero-order valence-electron chi connectivity index (χ0n) is 17.9. The Hall–Kier alpha value is -3.26. The minimum atomic E-state index is -0.366. The van der Waals surface area contributed by atoms with Crippen LogP contribution in [0.3, 0.4) is 0 Å². The first-order chi connectivity index (χ1) is 15.1. The number of carbonyl (C=O) groups excluding carboxylic acids is 1. The van der Waals surface area contributed by atoms with Gasteiger partial charge in [-0.05, 0) is 37.0 Å². The van der Waals surface area contributed by atoms with Crippen LogP contribution in [0.25, 0.3) is 5.69 Å². The van der Waals surface area contributed by atoms with Crippen LogP contribution in [0, 0.1) is 0 Å². The molecule has 0 N–H and O–H groups in total. The second kappa shape index (κ2) is 7.77. The predicted molar refractivity (Wildman–Crippen MR) is 116 cm³/mol. The minimum absolute atomic E-state index is 0.144. The van der Waals surface area contributed by atoms with Crippen LogP contribution in [0.4, 0.5) is 5.82 Å². The fraction of sp³-hybridized carbons (Fsp3) is 0.391. The highest BCUT2D eigenvalue weighted by atomic mass is 16.5. The number of amides is 1. The molecule has 0 aliphatic carbocycles. The molecule has 8 heteroatoms. The summed E-state index contributed by atoms with van der Waals surface area (Å²) in [6.07, 6.45) is 7.90. The standard InChI is InChI=1S/C23H26N6O2/c1-27(2)22(30)19-14-24-15-20(25-19)28-11-9-23(10-12-28)21-17(8-13-31-23)16-29(26-21)18-6-4-3-5-7-18/h3-7,14-16H,8-13H2,1-2H3. The molecule has 0 radical (unpaired) electrons. The molecule has 2 aliphatic heterocycles. The van der Waals surface area contributed by atoms with Crippen molar-refractivity contribution in [1.29, 1.82) is 0 Å². The molecule has 1 fully saturated rings. The molecule has 8 nitrogen and oxygen atoms in total. The summed E-state index contributed by atoms with van der Waals surface area (Å²) in [5, 5.41) is 4.95. The number of benzene rings is 1. The second-order valence-corrected chi connectivity index (χ2v) is 8.32. The van der Waals surface area contributed by atoms with Crippen molar-refractivity contribution in [2.24, 2.45) is 0 Å². The number of hydrogen-bond donors (Lipinski definition) is 0. The number of ether oxygens (including phenoxy) is 1. The summed E-state index contributed by atoms with van der Waals surface area (Å²) < 4.78 is 8.33. The molecule has 2 aromatic heterocycles. The highest BCUT2D eigenvalue weighted by Gasteiger charge is 2.43. The number of piperidine rings is 1. The van der Waals surface area contributed by atoms with Crippen LogP contribution >= 0.6 is 0 Å². The maximum absolute atomic E-state index is 12.3. The number of nitrogens with zero attached hydrogens (tertiary/aromatic N) is 6. The van der Waals surface area contributed by atoms with Crippen molar-refractivity contribution in [2.45, 2.75) is 24.9 Å². The van der Waals surface area contributed by atoms with Crippen LogP contribution in [0.15, 0.2) is 48.9 Å². The molecule has 1 saturated heterocycles. The normalized spacial score (nSPS) is 17.4. The summed E-state index contributed by atoms with van der Waals surface area (Å²) in [6.45, 7) is 2.25. The van der Waals surface area contributed by atoms with Crippen molar-refractivity contribution in [1.82, 2.24) is 24.6 Å². The first-order valence-corrected chi connectivity index (χ1v) is 10.6. The number of hydrogen-bond acceptors (Lipinski definition) is 6. The van der Waals surface area contributed by atoms with Gasteiger partial charge in [0, 0.05) is 33.4 Å². The smallest absolute Gasteiger partial charge is 0.273 e. The van der Waals surface area contributed by atoms with E-state index in [0.717, 1.165) is 49.6 Å². The Bertz CT molecular complexity index is 1090. The van der Waals surface area contributed by atoms with E-state index in [2.05, 4.69) is 33.2 Å². The highest BCUT2D eigenvalue weighted by Crippen LogP contribution is 2.41. The predicted octanol–water partition coefficient (Wildman–Crippen LogP) is 2.43. The van der Waals surface area contributed by atoms with Crippen LogP contribution < -0.4 is 4.90 Å². The SMILES string of the molecule is CN(C)C(=O)c1cncc(N2CCC3(CC2)OCCc2cn(-c4ccccc4)nc23)n1. The van der Waals surface area contributed by atoms with E-state index in [4.69, 9.17) is 9.84 Å². The van der Waals surface area contributed by atoms with Crippen LogP contribution in [-0.4, -0.2) is 64.3 Å². The molecule has 0 atom stereocenters. The third kappa shape index (κ3) is 3.57. The number of rotatable bonds is 3. The fourth-order valence-corrected chi connectivity index (χ4v) is 4.43. The van der Waals surface area contributed by atoms with Crippen LogP contribution in [0.5, 0.6) is 0 Å². The Morgan fingerprint density at radius 1 is 1.13 bits per heavy atom. The Labute approximate surface area is 181 Å². The maximum atomic E-state index is 12.3.